The van der Waals surface area contributed by atoms with Crippen molar-refractivity contribution in [1.29, 1.82) is 0 Å². The van der Waals surface area contributed by atoms with E-state index >= 15 is 0 Å². The van der Waals surface area contributed by atoms with Crippen molar-refractivity contribution in [3.63, 3.8) is 0 Å². The zero-order valence-corrected chi connectivity index (χ0v) is 19.8. The number of nitrogens with zero attached hydrogens (tertiary/aromatic N) is 1. The summed E-state index contributed by atoms with van der Waals surface area (Å²) in [6, 6.07) is 3.47. The molecule has 2 aliphatic carbocycles. The molecule has 4 heteroatoms. The van der Waals surface area contributed by atoms with Crippen molar-refractivity contribution in [1.82, 2.24) is 4.98 Å². The Morgan fingerprint density at radius 1 is 0.871 bits per heavy atom. The predicted octanol–water partition coefficient (Wildman–Crippen LogP) is 7.36. The lowest BCUT2D eigenvalue weighted by Gasteiger charge is -2.31. The summed E-state index contributed by atoms with van der Waals surface area (Å²) in [6.45, 7) is 2.30. The van der Waals surface area contributed by atoms with Crippen LogP contribution in [-0.4, -0.2) is 18.1 Å². The summed E-state index contributed by atoms with van der Waals surface area (Å²) in [5.41, 5.74) is 0. The normalized spacial score (nSPS) is 26.4. The lowest BCUT2D eigenvalue weighted by molar-refractivity contribution is -0.140. The van der Waals surface area contributed by atoms with Crippen molar-refractivity contribution < 1.29 is 14.3 Å². The maximum absolute atomic E-state index is 12.5. The highest BCUT2D eigenvalue weighted by molar-refractivity contribution is 5.75. The van der Waals surface area contributed by atoms with Gasteiger partial charge in [-0.2, -0.15) is 0 Å². The zero-order chi connectivity index (χ0) is 21.9. The number of pyridine rings is 1. The fraction of sp³-hybridized carbons (Fsp3) is 0.778. The number of aromatic nitrogens is 1. The van der Waals surface area contributed by atoms with E-state index in [4.69, 9.17) is 9.47 Å². The van der Waals surface area contributed by atoms with E-state index in [-0.39, 0.29) is 11.9 Å². The molecule has 1 heterocycles. The first-order valence-corrected chi connectivity index (χ1v) is 12.9. The Labute approximate surface area is 189 Å². The van der Waals surface area contributed by atoms with E-state index in [0.717, 1.165) is 30.6 Å². The lowest BCUT2D eigenvalue weighted by atomic mass is 9.75. The van der Waals surface area contributed by atoms with Crippen LogP contribution in [0.4, 0.5) is 0 Å². The van der Waals surface area contributed by atoms with Gasteiger partial charge in [0.05, 0.1) is 19.2 Å². The van der Waals surface area contributed by atoms with Crippen molar-refractivity contribution in [2.24, 2.45) is 23.7 Å². The number of esters is 1. The maximum atomic E-state index is 12.5. The van der Waals surface area contributed by atoms with Crippen molar-refractivity contribution >= 4 is 5.97 Å². The van der Waals surface area contributed by atoms with Crippen LogP contribution >= 0.6 is 0 Å². The number of hydrogen-bond acceptors (Lipinski definition) is 4. The van der Waals surface area contributed by atoms with E-state index in [9.17, 15) is 4.79 Å². The largest absolute Gasteiger partial charge is 0.481 e. The molecule has 174 valence electrons. The van der Waals surface area contributed by atoms with Gasteiger partial charge in [-0.3, -0.25) is 4.79 Å². The molecule has 2 fully saturated rings. The van der Waals surface area contributed by atoms with Gasteiger partial charge in [-0.1, -0.05) is 77.6 Å². The Hall–Kier alpha value is -1.58. The van der Waals surface area contributed by atoms with Crippen LogP contribution in [0.3, 0.4) is 0 Å². The molecule has 2 aliphatic rings. The van der Waals surface area contributed by atoms with Gasteiger partial charge in [-0.15, -0.1) is 0 Å². The topological polar surface area (TPSA) is 48.4 Å². The first-order valence-electron chi connectivity index (χ1n) is 12.9. The summed E-state index contributed by atoms with van der Waals surface area (Å²) in [6.07, 6.45) is 21.6. The molecule has 0 spiro atoms. The average molecular weight is 430 g/mol. The number of carbonyl (C=O) groups excluding carboxylic acids is 1. The molecule has 0 saturated heterocycles. The van der Waals surface area contributed by atoms with Crippen molar-refractivity contribution in [2.75, 3.05) is 7.11 Å². The molecule has 2 saturated carbocycles. The van der Waals surface area contributed by atoms with E-state index in [1.807, 2.05) is 0 Å². The summed E-state index contributed by atoms with van der Waals surface area (Å²) in [4.78, 5) is 16.6. The fourth-order valence-corrected chi connectivity index (χ4v) is 5.57. The molecule has 0 amide bonds. The molecule has 0 atom stereocenters. The van der Waals surface area contributed by atoms with Gasteiger partial charge in [-0.05, 0) is 49.5 Å². The molecule has 4 nitrogen and oxygen atoms in total. The summed E-state index contributed by atoms with van der Waals surface area (Å²) < 4.78 is 10.6. The summed E-state index contributed by atoms with van der Waals surface area (Å²) >= 11 is 0. The third-order valence-electron chi connectivity index (χ3n) is 7.73. The Bertz CT molecular complexity index is 628. The predicted molar refractivity (Wildman–Crippen MR) is 125 cm³/mol. The average Bonchev–Trinajstić information content (AvgIpc) is 2.82. The van der Waals surface area contributed by atoms with E-state index < -0.39 is 0 Å². The highest BCUT2D eigenvalue weighted by atomic mass is 16.5. The second-order valence-electron chi connectivity index (χ2n) is 9.99. The van der Waals surface area contributed by atoms with Gasteiger partial charge in [0.15, 0.2) is 0 Å². The summed E-state index contributed by atoms with van der Waals surface area (Å²) in [5.74, 6) is 3.75. The van der Waals surface area contributed by atoms with Gasteiger partial charge < -0.3 is 9.47 Å². The second-order valence-corrected chi connectivity index (χ2v) is 9.99. The highest BCUT2D eigenvalue weighted by Gasteiger charge is 2.29. The van der Waals surface area contributed by atoms with Crippen LogP contribution in [-0.2, 0) is 4.79 Å². The van der Waals surface area contributed by atoms with Gasteiger partial charge in [0.2, 0.25) is 5.88 Å². The minimum Gasteiger partial charge on any atom is -0.481 e. The first kappa shape index (κ1) is 24.1. The molecule has 3 rings (SSSR count). The quantitative estimate of drug-likeness (QED) is 0.272. The van der Waals surface area contributed by atoms with Crippen LogP contribution in [0, 0.1) is 23.7 Å². The van der Waals surface area contributed by atoms with Crippen LogP contribution in [0.15, 0.2) is 18.3 Å². The highest BCUT2D eigenvalue weighted by Crippen LogP contribution is 2.38. The van der Waals surface area contributed by atoms with Gasteiger partial charge in [0.25, 0.3) is 0 Å². The summed E-state index contributed by atoms with van der Waals surface area (Å²) in [7, 11) is 1.58. The Morgan fingerprint density at radius 2 is 1.48 bits per heavy atom. The standard InChI is InChI=1S/C27H43NO3/c1-3-4-5-6-7-21-8-10-22(11-9-21)12-13-23-14-16-24(17-15-23)27(29)31-25-18-19-26(30-2)28-20-25/h18-24H,3-17H2,1-2H3. The molecule has 0 radical (unpaired) electrons. The molecule has 1 aromatic rings. The summed E-state index contributed by atoms with van der Waals surface area (Å²) in [5, 5.41) is 0. The van der Waals surface area contributed by atoms with Gasteiger partial charge >= 0.3 is 5.97 Å². The molecule has 0 bridgehead atoms. The van der Waals surface area contributed by atoms with Gasteiger partial charge in [0, 0.05) is 6.07 Å². The van der Waals surface area contributed by atoms with Crippen LogP contribution in [0.25, 0.3) is 0 Å². The molecule has 0 aromatic carbocycles. The molecule has 0 unspecified atom stereocenters. The van der Waals surface area contributed by atoms with Crippen LogP contribution in [0.2, 0.25) is 0 Å². The Morgan fingerprint density at radius 3 is 2.03 bits per heavy atom. The minimum absolute atomic E-state index is 0.0431. The van der Waals surface area contributed by atoms with E-state index in [1.165, 1.54) is 83.5 Å². The third-order valence-corrected chi connectivity index (χ3v) is 7.73. The van der Waals surface area contributed by atoms with Crippen LogP contribution in [0.1, 0.15) is 103 Å². The van der Waals surface area contributed by atoms with Crippen molar-refractivity contribution in [3.05, 3.63) is 18.3 Å². The van der Waals surface area contributed by atoms with E-state index in [1.54, 1.807) is 25.4 Å². The fourth-order valence-electron chi connectivity index (χ4n) is 5.57. The van der Waals surface area contributed by atoms with Crippen molar-refractivity contribution in [2.45, 2.75) is 103 Å². The Kier molecular flexibility index (Phi) is 10.2. The van der Waals surface area contributed by atoms with Gasteiger partial charge in [0.1, 0.15) is 5.75 Å². The van der Waals surface area contributed by atoms with Crippen LogP contribution in [0.5, 0.6) is 11.6 Å². The van der Waals surface area contributed by atoms with Crippen molar-refractivity contribution in [3.8, 4) is 11.6 Å². The molecule has 31 heavy (non-hydrogen) atoms. The molecule has 0 N–H and O–H groups in total. The molecular formula is C27H43NO3. The van der Waals surface area contributed by atoms with E-state index in [2.05, 4.69) is 11.9 Å². The van der Waals surface area contributed by atoms with Gasteiger partial charge in [-0.25, -0.2) is 4.98 Å². The monoisotopic (exact) mass is 429 g/mol. The second kappa shape index (κ2) is 13.1. The van der Waals surface area contributed by atoms with Crippen LogP contribution < -0.4 is 9.47 Å². The van der Waals surface area contributed by atoms with E-state index in [0.29, 0.717) is 11.6 Å². The third kappa shape index (κ3) is 8.12. The smallest absolute Gasteiger partial charge is 0.314 e. The SMILES string of the molecule is CCCCCCC1CCC(CCC2CCC(C(=O)Oc3ccc(OC)nc3)CC2)CC1. The Balaban J connectivity index is 1.27. The number of unbranched alkanes of at least 4 members (excludes halogenated alkanes) is 3. The molecule has 0 aliphatic heterocycles. The number of carbonyl (C=O) groups is 1. The molecular weight excluding hydrogens is 386 g/mol. The maximum Gasteiger partial charge on any atom is 0.314 e. The number of ether oxygens (including phenoxy) is 2. The lowest BCUT2D eigenvalue weighted by Crippen LogP contribution is -2.26. The number of hydrogen-bond donors (Lipinski definition) is 0. The number of rotatable bonds is 11. The number of methoxy groups -OCH3 is 1. The minimum atomic E-state index is -0.0947. The zero-order valence-electron chi connectivity index (χ0n) is 19.8. The first-order chi connectivity index (χ1) is 15.2. The molecule has 1 aromatic heterocycles.